The summed E-state index contributed by atoms with van der Waals surface area (Å²) in [6.07, 6.45) is 1.72. The lowest BCUT2D eigenvalue weighted by Crippen LogP contribution is -2.51. The molecule has 1 fully saturated rings. The quantitative estimate of drug-likeness (QED) is 0.757. The summed E-state index contributed by atoms with van der Waals surface area (Å²) in [6, 6.07) is 1.85. The molecule has 0 aliphatic carbocycles. The largest absolute Gasteiger partial charge is 0.383 e. The highest BCUT2D eigenvalue weighted by molar-refractivity contribution is 5.82. The molecule has 2 rings (SSSR count). The van der Waals surface area contributed by atoms with Gasteiger partial charge in [-0.05, 0) is 13.0 Å². The van der Waals surface area contributed by atoms with Gasteiger partial charge >= 0.3 is 0 Å². The van der Waals surface area contributed by atoms with E-state index in [9.17, 15) is 4.79 Å². The lowest BCUT2D eigenvalue weighted by molar-refractivity contribution is -0.131. The predicted molar refractivity (Wildman–Crippen MR) is 67.4 cm³/mol. The van der Waals surface area contributed by atoms with Gasteiger partial charge in [-0.25, -0.2) is 9.97 Å². The fraction of sp³-hybridized carbons (Fsp3) is 0.583. The van der Waals surface area contributed by atoms with Crippen LogP contribution in [0.1, 0.15) is 5.69 Å². The van der Waals surface area contributed by atoms with E-state index in [0.29, 0.717) is 32.2 Å². The number of ether oxygens (including phenoxy) is 1. The maximum atomic E-state index is 11.9. The fourth-order valence-corrected chi connectivity index (χ4v) is 1.91. The van der Waals surface area contributed by atoms with Crippen molar-refractivity contribution in [3.05, 3.63) is 18.0 Å². The predicted octanol–water partition coefficient (Wildman–Crippen LogP) is 0.0800. The highest BCUT2D eigenvalue weighted by Crippen LogP contribution is 2.11. The number of anilines is 1. The van der Waals surface area contributed by atoms with Crippen molar-refractivity contribution in [1.82, 2.24) is 14.9 Å². The molecule has 1 aliphatic heterocycles. The molecule has 1 saturated heterocycles. The second-order valence-electron chi connectivity index (χ2n) is 4.29. The Balaban J connectivity index is 1.97. The average Bonchev–Trinajstić information content (AvgIpc) is 2.37. The van der Waals surface area contributed by atoms with Crippen LogP contribution in [0.25, 0.3) is 0 Å². The van der Waals surface area contributed by atoms with Crippen LogP contribution in [0.2, 0.25) is 0 Å². The zero-order chi connectivity index (χ0) is 13.0. The van der Waals surface area contributed by atoms with Crippen molar-refractivity contribution in [3.63, 3.8) is 0 Å². The molecule has 0 atom stereocenters. The molecular formula is C12H18N4O2. The number of amides is 1. The molecule has 1 aromatic heterocycles. The standard InChI is InChI=1S/C12H18N4O2/c1-10-3-4-13-12(14-10)16-6-5-15(7-8-18-2)11(17)9-16/h3-4H,5-9H2,1-2H3. The van der Waals surface area contributed by atoms with E-state index in [4.69, 9.17) is 4.74 Å². The summed E-state index contributed by atoms with van der Waals surface area (Å²) in [5, 5.41) is 0. The zero-order valence-electron chi connectivity index (χ0n) is 10.8. The molecule has 0 saturated carbocycles. The average molecular weight is 250 g/mol. The van der Waals surface area contributed by atoms with Gasteiger partial charge in [0.15, 0.2) is 0 Å². The van der Waals surface area contributed by atoms with Crippen molar-refractivity contribution < 1.29 is 9.53 Å². The van der Waals surface area contributed by atoms with Crippen LogP contribution in [0.15, 0.2) is 12.3 Å². The second kappa shape index (κ2) is 5.77. The SMILES string of the molecule is COCCN1CCN(c2nccc(C)n2)CC1=O. The van der Waals surface area contributed by atoms with Crippen LogP contribution in [-0.2, 0) is 9.53 Å². The molecule has 6 heteroatoms. The topological polar surface area (TPSA) is 58.6 Å². The van der Waals surface area contributed by atoms with Gasteiger partial charge in [0.1, 0.15) is 0 Å². The molecule has 0 bridgehead atoms. The first-order valence-corrected chi connectivity index (χ1v) is 6.02. The van der Waals surface area contributed by atoms with Crippen LogP contribution in [0.4, 0.5) is 5.95 Å². The summed E-state index contributed by atoms with van der Waals surface area (Å²) in [5.74, 6) is 0.734. The van der Waals surface area contributed by atoms with Gasteiger partial charge < -0.3 is 14.5 Å². The van der Waals surface area contributed by atoms with Crippen molar-refractivity contribution in [2.24, 2.45) is 0 Å². The van der Waals surface area contributed by atoms with Gasteiger partial charge in [-0.3, -0.25) is 4.79 Å². The first-order chi connectivity index (χ1) is 8.70. The summed E-state index contributed by atoms with van der Waals surface area (Å²) in [6.45, 7) is 4.94. The number of hydrogen-bond donors (Lipinski definition) is 0. The number of hydrogen-bond acceptors (Lipinski definition) is 5. The van der Waals surface area contributed by atoms with E-state index in [1.54, 1.807) is 13.3 Å². The monoisotopic (exact) mass is 250 g/mol. The first-order valence-electron chi connectivity index (χ1n) is 6.02. The van der Waals surface area contributed by atoms with Crippen LogP contribution in [-0.4, -0.2) is 60.7 Å². The Morgan fingerprint density at radius 2 is 2.28 bits per heavy atom. The van der Waals surface area contributed by atoms with Gasteiger partial charge in [0.2, 0.25) is 11.9 Å². The smallest absolute Gasteiger partial charge is 0.242 e. The van der Waals surface area contributed by atoms with Crippen molar-refractivity contribution in [2.45, 2.75) is 6.92 Å². The summed E-state index contributed by atoms with van der Waals surface area (Å²) in [4.78, 5) is 24.2. The van der Waals surface area contributed by atoms with Crippen LogP contribution < -0.4 is 4.90 Å². The Morgan fingerprint density at radius 1 is 1.44 bits per heavy atom. The van der Waals surface area contributed by atoms with E-state index in [0.717, 1.165) is 12.2 Å². The van der Waals surface area contributed by atoms with Crippen molar-refractivity contribution in [3.8, 4) is 0 Å². The van der Waals surface area contributed by atoms with Crippen LogP contribution in [0.5, 0.6) is 0 Å². The van der Waals surface area contributed by atoms with Crippen molar-refractivity contribution >= 4 is 11.9 Å². The second-order valence-corrected chi connectivity index (χ2v) is 4.29. The molecule has 0 N–H and O–H groups in total. The summed E-state index contributed by atoms with van der Waals surface area (Å²) in [5.41, 5.74) is 0.911. The zero-order valence-corrected chi connectivity index (χ0v) is 10.8. The number of aryl methyl sites for hydroxylation is 1. The van der Waals surface area contributed by atoms with Gasteiger partial charge in [0.05, 0.1) is 13.2 Å². The Morgan fingerprint density at radius 3 is 2.94 bits per heavy atom. The minimum Gasteiger partial charge on any atom is -0.383 e. The minimum atomic E-state index is 0.100. The lowest BCUT2D eigenvalue weighted by atomic mass is 10.3. The highest BCUT2D eigenvalue weighted by Gasteiger charge is 2.24. The Kier molecular flexibility index (Phi) is 4.09. The molecule has 6 nitrogen and oxygen atoms in total. The van der Waals surface area contributed by atoms with Gasteiger partial charge in [-0.15, -0.1) is 0 Å². The van der Waals surface area contributed by atoms with Gasteiger partial charge in [0, 0.05) is 38.6 Å². The molecular weight excluding hydrogens is 232 g/mol. The maximum absolute atomic E-state index is 11.9. The van der Waals surface area contributed by atoms with E-state index in [2.05, 4.69) is 9.97 Å². The molecule has 0 unspecified atom stereocenters. The number of carbonyl (C=O) groups is 1. The van der Waals surface area contributed by atoms with Gasteiger partial charge in [0.25, 0.3) is 0 Å². The summed E-state index contributed by atoms with van der Waals surface area (Å²) >= 11 is 0. The third-order valence-electron chi connectivity index (χ3n) is 2.95. The Labute approximate surface area is 107 Å². The molecule has 1 amide bonds. The number of carbonyl (C=O) groups excluding carboxylic acids is 1. The maximum Gasteiger partial charge on any atom is 0.242 e. The van der Waals surface area contributed by atoms with Crippen molar-refractivity contribution in [1.29, 1.82) is 0 Å². The van der Waals surface area contributed by atoms with Crippen LogP contribution in [0, 0.1) is 6.92 Å². The molecule has 0 spiro atoms. The normalized spacial score (nSPS) is 16.2. The number of rotatable bonds is 4. The molecule has 2 heterocycles. The lowest BCUT2D eigenvalue weighted by Gasteiger charge is -2.34. The van der Waals surface area contributed by atoms with Gasteiger partial charge in [-0.2, -0.15) is 0 Å². The highest BCUT2D eigenvalue weighted by atomic mass is 16.5. The fourth-order valence-electron chi connectivity index (χ4n) is 1.91. The third kappa shape index (κ3) is 2.95. The number of piperazine rings is 1. The molecule has 98 valence electrons. The molecule has 0 aromatic carbocycles. The first kappa shape index (κ1) is 12.8. The van der Waals surface area contributed by atoms with Crippen LogP contribution >= 0.6 is 0 Å². The Bertz CT molecular complexity index is 424. The van der Waals surface area contributed by atoms with E-state index < -0.39 is 0 Å². The van der Waals surface area contributed by atoms with E-state index in [-0.39, 0.29) is 5.91 Å². The molecule has 0 radical (unpaired) electrons. The molecule has 18 heavy (non-hydrogen) atoms. The minimum absolute atomic E-state index is 0.100. The van der Waals surface area contributed by atoms with Gasteiger partial charge in [-0.1, -0.05) is 0 Å². The van der Waals surface area contributed by atoms with Crippen molar-refractivity contribution in [2.75, 3.05) is 44.8 Å². The summed E-state index contributed by atoms with van der Waals surface area (Å²) < 4.78 is 4.99. The Hall–Kier alpha value is -1.69. The van der Waals surface area contributed by atoms with Crippen LogP contribution in [0.3, 0.4) is 0 Å². The summed E-state index contributed by atoms with van der Waals surface area (Å²) in [7, 11) is 1.64. The molecule has 1 aliphatic rings. The van der Waals surface area contributed by atoms with E-state index in [1.807, 2.05) is 22.8 Å². The number of nitrogens with zero attached hydrogens (tertiary/aromatic N) is 4. The van der Waals surface area contributed by atoms with E-state index >= 15 is 0 Å². The molecule has 1 aromatic rings. The number of aromatic nitrogens is 2. The number of methoxy groups -OCH3 is 1. The van der Waals surface area contributed by atoms with E-state index in [1.165, 1.54) is 0 Å². The third-order valence-corrected chi connectivity index (χ3v) is 2.95.